The molecule has 0 aliphatic carbocycles. The Labute approximate surface area is 147 Å². The molecule has 24 heavy (non-hydrogen) atoms. The molecule has 0 atom stereocenters. The number of methoxy groups -OCH3 is 1. The molecule has 7 heteroatoms. The molecule has 1 N–H and O–H groups in total. The van der Waals surface area contributed by atoms with Crippen molar-refractivity contribution in [1.82, 2.24) is 20.1 Å². The van der Waals surface area contributed by atoms with E-state index in [1.54, 1.807) is 7.11 Å². The second kappa shape index (κ2) is 9.32. The number of H-pyrrole nitrogens is 1. The third kappa shape index (κ3) is 4.99. The van der Waals surface area contributed by atoms with Gasteiger partial charge in [-0.05, 0) is 37.6 Å². The van der Waals surface area contributed by atoms with Crippen LogP contribution in [0.4, 0.5) is 0 Å². The van der Waals surface area contributed by atoms with Crippen molar-refractivity contribution in [2.75, 3.05) is 26.0 Å². The summed E-state index contributed by atoms with van der Waals surface area (Å²) in [7, 11) is 1.63. The first-order valence-corrected chi connectivity index (χ1v) is 9.13. The van der Waals surface area contributed by atoms with E-state index in [1.807, 2.05) is 36.1 Å². The van der Waals surface area contributed by atoms with E-state index in [4.69, 9.17) is 4.74 Å². The number of amides is 1. The molecule has 1 aromatic carbocycles. The van der Waals surface area contributed by atoms with Crippen molar-refractivity contribution >= 4 is 17.7 Å². The van der Waals surface area contributed by atoms with Crippen LogP contribution in [0.3, 0.4) is 0 Å². The number of thioether (sulfide) groups is 1. The SMILES string of the molecule is CCCCN(CC)C(=O)CSc1n[nH]c(-c2ccc(OC)cc2)n1. The molecule has 0 radical (unpaired) electrons. The average molecular weight is 348 g/mol. The molecule has 2 rings (SSSR count). The number of nitrogens with one attached hydrogen (secondary N) is 1. The lowest BCUT2D eigenvalue weighted by Gasteiger charge is -2.19. The Bertz CT molecular complexity index is 642. The second-order valence-electron chi connectivity index (χ2n) is 5.31. The van der Waals surface area contributed by atoms with Gasteiger partial charge in [0.15, 0.2) is 5.82 Å². The van der Waals surface area contributed by atoms with Crippen LogP contribution in [0, 0.1) is 0 Å². The van der Waals surface area contributed by atoms with Crippen LogP contribution in [0.2, 0.25) is 0 Å². The van der Waals surface area contributed by atoms with Gasteiger partial charge in [-0.2, -0.15) is 0 Å². The van der Waals surface area contributed by atoms with Crippen molar-refractivity contribution in [2.45, 2.75) is 31.8 Å². The molecule has 2 aromatic rings. The van der Waals surface area contributed by atoms with E-state index in [1.165, 1.54) is 11.8 Å². The number of nitrogens with zero attached hydrogens (tertiary/aromatic N) is 3. The lowest BCUT2D eigenvalue weighted by molar-refractivity contribution is -0.128. The van der Waals surface area contributed by atoms with Crippen molar-refractivity contribution in [1.29, 1.82) is 0 Å². The van der Waals surface area contributed by atoms with Gasteiger partial charge in [0.05, 0.1) is 12.9 Å². The number of carbonyl (C=O) groups excluding carboxylic acids is 1. The van der Waals surface area contributed by atoms with Crippen LogP contribution in [0.1, 0.15) is 26.7 Å². The van der Waals surface area contributed by atoms with E-state index in [0.717, 1.165) is 37.2 Å². The normalized spacial score (nSPS) is 10.6. The minimum Gasteiger partial charge on any atom is -0.497 e. The van der Waals surface area contributed by atoms with Crippen LogP contribution in [-0.4, -0.2) is 51.9 Å². The van der Waals surface area contributed by atoms with Gasteiger partial charge in [0.25, 0.3) is 0 Å². The molecule has 130 valence electrons. The lowest BCUT2D eigenvalue weighted by Crippen LogP contribution is -2.33. The smallest absolute Gasteiger partial charge is 0.233 e. The van der Waals surface area contributed by atoms with Crippen LogP contribution in [0.5, 0.6) is 5.75 Å². The van der Waals surface area contributed by atoms with Gasteiger partial charge in [0, 0.05) is 18.7 Å². The molecule has 0 aliphatic heterocycles. The summed E-state index contributed by atoms with van der Waals surface area (Å²) in [6.07, 6.45) is 2.12. The van der Waals surface area contributed by atoms with Crippen molar-refractivity contribution in [3.05, 3.63) is 24.3 Å². The quantitative estimate of drug-likeness (QED) is 0.705. The van der Waals surface area contributed by atoms with Gasteiger partial charge in [-0.3, -0.25) is 9.89 Å². The number of hydrogen-bond donors (Lipinski definition) is 1. The molecule has 0 aliphatic rings. The number of hydrogen-bond acceptors (Lipinski definition) is 5. The highest BCUT2D eigenvalue weighted by molar-refractivity contribution is 7.99. The van der Waals surface area contributed by atoms with Crippen LogP contribution in [0.15, 0.2) is 29.4 Å². The zero-order chi connectivity index (χ0) is 17.4. The molecule has 0 spiro atoms. The Morgan fingerprint density at radius 3 is 2.67 bits per heavy atom. The zero-order valence-corrected chi connectivity index (χ0v) is 15.2. The summed E-state index contributed by atoms with van der Waals surface area (Å²) in [4.78, 5) is 18.5. The van der Waals surface area contributed by atoms with E-state index in [0.29, 0.717) is 16.7 Å². The number of carbonyl (C=O) groups is 1. The third-order valence-electron chi connectivity index (χ3n) is 3.67. The molecular weight excluding hydrogens is 324 g/mol. The van der Waals surface area contributed by atoms with E-state index in [2.05, 4.69) is 22.1 Å². The monoisotopic (exact) mass is 348 g/mol. The maximum absolute atomic E-state index is 12.2. The van der Waals surface area contributed by atoms with Crippen LogP contribution in [-0.2, 0) is 4.79 Å². The van der Waals surface area contributed by atoms with Crippen LogP contribution in [0.25, 0.3) is 11.4 Å². The fourth-order valence-electron chi connectivity index (χ4n) is 2.21. The van der Waals surface area contributed by atoms with Gasteiger partial charge in [0.2, 0.25) is 11.1 Å². The van der Waals surface area contributed by atoms with E-state index in [-0.39, 0.29) is 5.91 Å². The summed E-state index contributed by atoms with van der Waals surface area (Å²) in [6, 6.07) is 7.59. The maximum atomic E-state index is 12.2. The topological polar surface area (TPSA) is 71.1 Å². The number of aromatic amines is 1. The Morgan fingerprint density at radius 1 is 1.29 bits per heavy atom. The Morgan fingerprint density at radius 2 is 2.04 bits per heavy atom. The van der Waals surface area contributed by atoms with Gasteiger partial charge in [-0.25, -0.2) is 4.98 Å². The summed E-state index contributed by atoms with van der Waals surface area (Å²) < 4.78 is 5.14. The first-order chi connectivity index (χ1) is 11.7. The molecule has 1 amide bonds. The second-order valence-corrected chi connectivity index (χ2v) is 6.25. The van der Waals surface area contributed by atoms with Gasteiger partial charge in [0.1, 0.15) is 5.75 Å². The van der Waals surface area contributed by atoms with Gasteiger partial charge in [-0.15, -0.1) is 5.10 Å². The van der Waals surface area contributed by atoms with Gasteiger partial charge >= 0.3 is 0 Å². The Balaban J connectivity index is 1.92. The highest BCUT2D eigenvalue weighted by Gasteiger charge is 2.13. The average Bonchev–Trinajstić information content (AvgIpc) is 3.09. The van der Waals surface area contributed by atoms with E-state index < -0.39 is 0 Å². The minimum atomic E-state index is 0.131. The molecule has 0 saturated heterocycles. The first-order valence-electron chi connectivity index (χ1n) is 8.15. The number of benzene rings is 1. The van der Waals surface area contributed by atoms with Gasteiger partial charge < -0.3 is 9.64 Å². The molecule has 0 unspecified atom stereocenters. The van der Waals surface area contributed by atoms with Crippen LogP contribution >= 0.6 is 11.8 Å². The molecule has 1 aromatic heterocycles. The standard InChI is InChI=1S/C17H24N4O2S/c1-4-6-11-21(5-2)15(22)12-24-17-18-16(19-20-17)13-7-9-14(23-3)10-8-13/h7-10H,4-6,11-12H2,1-3H3,(H,18,19,20). The Hall–Kier alpha value is -2.02. The predicted molar refractivity (Wildman–Crippen MR) is 96.3 cm³/mol. The summed E-state index contributed by atoms with van der Waals surface area (Å²) in [5.41, 5.74) is 0.930. The van der Waals surface area contributed by atoms with E-state index in [9.17, 15) is 4.79 Å². The summed E-state index contributed by atoms with van der Waals surface area (Å²) in [6.45, 7) is 5.69. The summed E-state index contributed by atoms with van der Waals surface area (Å²) in [5.74, 6) is 1.97. The largest absolute Gasteiger partial charge is 0.497 e. The van der Waals surface area contributed by atoms with Crippen molar-refractivity contribution in [3.63, 3.8) is 0 Å². The molecule has 6 nitrogen and oxygen atoms in total. The number of rotatable bonds is 9. The minimum absolute atomic E-state index is 0.131. The zero-order valence-electron chi connectivity index (χ0n) is 14.4. The van der Waals surface area contributed by atoms with Gasteiger partial charge in [-0.1, -0.05) is 25.1 Å². The van der Waals surface area contributed by atoms with Crippen molar-refractivity contribution in [3.8, 4) is 17.1 Å². The van der Waals surface area contributed by atoms with E-state index >= 15 is 0 Å². The summed E-state index contributed by atoms with van der Waals surface area (Å²) >= 11 is 1.36. The highest BCUT2D eigenvalue weighted by atomic mass is 32.2. The summed E-state index contributed by atoms with van der Waals surface area (Å²) in [5, 5.41) is 7.68. The lowest BCUT2D eigenvalue weighted by atomic mass is 10.2. The molecule has 1 heterocycles. The fraction of sp³-hybridized carbons (Fsp3) is 0.471. The molecule has 0 saturated carbocycles. The van der Waals surface area contributed by atoms with Crippen LogP contribution < -0.4 is 4.74 Å². The molecule has 0 bridgehead atoms. The predicted octanol–water partition coefficient (Wildman–Crippen LogP) is 3.22. The first kappa shape index (κ1) is 18.3. The molecular formula is C17H24N4O2S. The van der Waals surface area contributed by atoms with Crippen molar-refractivity contribution in [2.24, 2.45) is 0 Å². The molecule has 0 fully saturated rings. The highest BCUT2D eigenvalue weighted by Crippen LogP contribution is 2.21. The fourth-order valence-corrected chi connectivity index (χ4v) is 2.92. The third-order valence-corrected chi connectivity index (χ3v) is 4.50. The Kier molecular flexibility index (Phi) is 7.11. The van der Waals surface area contributed by atoms with Crippen molar-refractivity contribution < 1.29 is 9.53 Å². The number of ether oxygens (including phenoxy) is 1. The maximum Gasteiger partial charge on any atom is 0.233 e. The number of unbranched alkanes of at least 4 members (excludes halogenated alkanes) is 1. The number of aromatic nitrogens is 3.